The predicted octanol–water partition coefficient (Wildman–Crippen LogP) is 2.91. The Morgan fingerprint density at radius 2 is 1.75 bits per heavy atom. The van der Waals surface area contributed by atoms with Crippen molar-refractivity contribution in [1.29, 1.82) is 0 Å². The van der Waals surface area contributed by atoms with Crippen molar-refractivity contribution in [2.24, 2.45) is 5.92 Å². The molecule has 148 valence electrons. The van der Waals surface area contributed by atoms with Gasteiger partial charge in [-0.15, -0.1) is 6.42 Å². The molecule has 1 N–H and O–H groups in total. The van der Waals surface area contributed by atoms with Gasteiger partial charge in [-0.25, -0.2) is 13.1 Å². The van der Waals surface area contributed by atoms with Crippen molar-refractivity contribution >= 4 is 21.6 Å². The summed E-state index contributed by atoms with van der Waals surface area (Å²) >= 11 is 0. The van der Waals surface area contributed by atoms with Crippen LogP contribution in [0.4, 0.5) is 5.69 Å². The van der Waals surface area contributed by atoms with Gasteiger partial charge in [-0.05, 0) is 54.4 Å². The van der Waals surface area contributed by atoms with Gasteiger partial charge >= 0.3 is 0 Å². The van der Waals surface area contributed by atoms with E-state index >= 15 is 0 Å². The molecule has 6 nitrogen and oxygen atoms in total. The highest BCUT2D eigenvalue weighted by Crippen LogP contribution is 2.21. The lowest BCUT2D eigenvalue weighted by Gasteiger charge is -2.18. The molecule has 1 amide bonds. The normalized spacial score (nSPS) is 11.1. The minimum absolute atomic E-state index is 0.127. The van der Waals surface area contributed by atoms with Crippen LogP contribution in [-0.2, 0) is 10.0 Å². The van der Waals surface area contributed by atoms with Crippen LogP contribution in [0.3, 0.4) is 0 Å². The first-order chi connectivity index (χ1) is 13.2. The van der Waals surface area contributed by atoms with Crippen LogP contribution in [0, 0.1) is 18.3 Å². The van der Waals surface area contributed by atoms with Crippen molar-refractivity contribution in [1.82, 2.24) is 4.72 Å². The lowest BCUT2D eigenvalue weighted by atomic mass is 10.2. The van der Waals surface area contributed by atoms with E-state index in [-0.39, 0.29) is 23.3 Å². The zero-order chi connectivity index (χ0) is 20.7. The van der Waals surface area contributed by atoms with Crippen LogP contribution in [-0.4, -0.2) is 34.5 Å². The molecule has 0 saturated heterocycles. The maximum absolute atomic E-state index is 12.7. The van der Waals surface area contributed by atoms with Crippen molar-refractivity contribution in [3.05, 3.63) is 54.1 Å². The van der Waals surface area contributed by atoms with Crippen molar-refractivity contribution in [2.75, 3.05) is 25.1 Å². The van der Waals surface area contributed by atoms with Gasteiger partial charge in [0, 0.05) is 24.8 Å². The van der Waals surface area contributed by atoms with Crippen molar-refractivity contribution in [2.45, 2.75) is 18.7 Å². The van der Waals surface area contributed by atoms with Gasteiger partial charge in [-0.1, -0.05) is 19.8 Å². The second-order valence-electron chi connectivity index (χ2n) is 6.62. The molecule has 0 heterocycles. The fourth-order valence-corrected chi connectivity index (χ4v) is 3.55. The molecule has 0 radical (unpaired) electrons. The molecule has 2 aromatic carbocycles. The molecule has 0 saturated carbocycles. The number of anilines is 1. The molecule has 0 unspecified atom stereocenters. The molecule has 0 aliphatic rings. The fraction of sp³-hybridized carbons (Fsp3) is 0.286. The van der Waals surface area contributed by atoms with Crippen molar-refractivity contribution in [3.8, 4) is 18.1 Å². The Labute approximate surface area is 166 Å². The highest BCUT2D eigenvalue weighted by molar-refractivity contribution is 7.89. The molecular weight excluding hydrogens is 376 g/mol. The van der Waals surface area contributed by atoms with Gasteiger partial charge in [-0.3, -0.25) is 4.79 Å². The molecule has 0 spiro atoms. The Hall–Kier alpha value is -2.82. The van der Waals surface area contributed by atoms with Gasteiger partial charge in [0.25, 0.3) is 5.91 Å². The Morgan fingerprint density at radius 3 is 2.29 bits per heavy atom. The number of nitrogens with zero attached hydrogens (tertiary/aromatic N) is 1. The summed E-state index contributed by atoms with van der Waals surface area (Å²) in [5.74, 6) is 2.95. The number of carbonyl (C=O) groups excluding carboxylic acids is 1. The Balaban J connectivity index is 2.10. The summed E-state index contributed by atoms with van der Waals surface area (Å²) in [4.78, 5) is 14.3. The molecule has 0 atom stereocenters. The predicted molar refractivity (Wildman–Crippen MR) is 110 cm³/mol. The molecule has 0 fully saturated rings. The van der Waals surface area contributed by atoms with Gasteiger partial charge < -0.3 is 9.64 Å². The number of benzene rings is 2. The van der Waals surface area contributed by atoms with Crippen LogP contribution in [0.5, 0.6) is 5.75 Å². The number of hydrogen-bond acceptors (Lipinski definition) is 4. The first kappa shape index (κ1) is 21.5. The lowest BCUT2D eigenvalue weighted by Crippen LogP contribution is -2.28. The van der Waals surface area contributed by atoms with Crippen LogP contribution < -0.4 is 14.4 Å². The second kappa shape index (κ2) is 9.40. The number of sulfonamides is 1. The van der Waals surface area contributed by atoms with E-state index in [1.807, 2.05) is 13.8 Å². The second-order valence-corrected chi connectivity index (χ2v) is 8.39. The molecule has 0 aliphatic carbocycles. The Kier molecular flexibility index (Phi) is 7.21. The maximum Gasteiger partial charge on any atom is 0.258 e. The molecule has 28 heavy (non-hydrogen) atoms. The van der Waals surface area contributed by atoms with Crippen molar-refractivity contribution < 1.29 is 17.9 Å². The largest absolute Gasteiger partial charge is 0.481 e. The van der Waals surface area contributed by atoms with Gasteiger partial charge in [0.05, 0.1) is 4.90 Å². The fourth-order valence-electron chi connectivity index (χ4n) is 2.34. The third kappa shape index (κ3) is 5.59. The summed E-state index contributed by atoms with van der Waals surface area (Å²) in [7, 11) is -1.94. The summed E-state index contributed by atoms with van der Waals surface area (Å²) < 4.78 is 32.4. The van der Waals surface area contributed by atoms with E-state index in [2.05, 4.69) is 10.6 Å². The Bertz CT molecular complexity index is 943. The van der Waals surface area contributed by atoms with Crippen molar-refractivity contribution in [3.63, 3.8) is 0 Å². The van der Waals surface area contributed by atoms with E-state index in [4.69, 9.17) is 11.2 Å². The van der Waals surface area contributed by atoms with Crippen LogP contribution in [0.15, 0.2) is 53.4 Å². The Morgan fingerprint density at radius 1 is 1.14 bits per heavy atom. The van der Waals surface area contributed by atoms with E-state index in [1.165, 1.54) is 29.2 Å². The molecule has 2 rings (SSSR count). The smallest absolute Gasteiger partial charge is 0.258 e. The van der Waals surface area contributed by atoms with Gasteiger partial charge in [-0.2, -0.15) is 0 Å². The molecule has 7 heteroatoms. The van der Waals surface area contributed by atoms with E-state index in [1.54, 1.807) is 31.3 Å². The van der Waals surface area contributed by atoms with Crippen LogP contribution >= 0.6 is 0 Å². The van der Waals surface area contributed by atoms with Crippen LogP contribution in [0.1, 0.15) is 24.2 Å². The van der Waals surface area contributed by atoms with E-state index < -0.39 is 10.0 Å². The summed E-state index contributed by atoms with van der Waals surface area (Å²) in [6, 6.07) is 12.8. The first-order valence-corrected chi connectivity index (χ1v) is 10.3. The average molecular weight is 401 g/mol. The van der Waals surface area contributed by atoms with Crippen LogP contribution in [0.2, 0.25) is 0 Å². The minimum atomic E-state index is -3.59. The average Bonchev–Trinajstić information content (AvgIpc) is 2.70. The van der Waals surface area contributed by atoms with Gasteiger partial charge in [0.15, 0.2) is 0 Å². The van der Waals surface area contributed by atoms with Gasteiger partial charge in [0.2, 0.25) is 10.0 Å². The molecule has 0 aromatic heterocycles. The highest BCUT2D eigenvalue weighted by Gasteiger charge is 2.17. The number of hydrogen-bond donors (Lipinski definition) is 1. The number of rotatable bonds is 8. The van der Waals surface area contributed by atoms with E-state index in [0.717, 1.165) is 0 Å². The summed E-state index contributed by atoms with van der Waals surface area (Å²) in [5, 5.41) is 0. The third-order valence-electron chi connectivity index (χ3n) is 3.94. The molecular formula is C21H24N2O4S. The number of nitrogens with one attached hydrogen (secondary N) is 1. The molecule has 2 aromatic rings. The third-order valence-corrected chi connectivity index (χ3v) is 5.38. The summed E-state index contributed by atoms with van der Waals surface area (Å²) in [5.41, 5.74) is 1.06. The number of carbonyl (C=O) groups is 1. The number of amides is 1. The van der Waals surface area contributed by atoms with Crippen LogP contribution in [0.25, 0.3) is 0 Å². The SMILES string of the molecule is C#CCOc1ccc(N(C)C(=O)c2ccc(S(=O)(=O)NCC(C)C)cc2)cc1. The number of ether oxygens (including phenoxy) is 1. The quantitative estimate of drug-likeness (QED) is 0.692. The minimum Gasteiger partial charge on any atom is -0.481 e. The summed E-state index contributed by atoms with van der Waals surface area (Å²) in [6.45, 7) is 4.38. The standard InChI is InChI=1S/C21H24N2O4S/c1-5-14-27-19-10-8-18(9-11-19)23(4)21(24)17-6-12-20(13-7-17)28(25,26)22-15-16(2)3/h1,6-13,16,22H,14-15H2,2-4H3. The first-order valence-electron chi connectivity index (χ1n) is 8.78. The summed E-state index contributed by atoms with van der Waals surface area (Å²) in [6.07, 6.45) is 5.16. The monoisotopic (exact) mass is 400 g/mol. The number of terminal acetylenes is 1. The van der Waals surface area contributed by atoms with Gasteiger partial charge in [0.1, 0.15) is 12.4 Å². The molecule has 0 aliphatic heterocycles. The highest BCUT2D eigenvalue weighted by atomic mass is 32.2. The zero-order valence-electron chi connectivity index (χ0n) is 16.2. The van der Waals surface area contributed by atoms with E-state index in [0.29, 0.717) is 23.5 Å². The maximum atomic E-state index is 12.7. The van der Waals surface area contributed by atoms with E-state index in [9.17, 15) is 13.2 Å². The molecule has 0 bridgehead atoms. The lowest BCUT2D eigenvalue weighted by molar-refractivity contribution is 0.0993. The zero-order valence-corrected chi connectivity index (χ0v) is 17.0. The topological polar surface area (TPSA) is 75.7 Å².